The summed E-state index contributed by atoms with van der Waals surface area (Å²) in [5.74, 6) is -3.42. The molecule has 1 heterocycles. The molecular formula is C26H22F2N2O2. The molecule has 0 unspecified atom stereocenters. The van der Waals surface area contributed by atoms with Gasteiger partial charge in [-0.15, -0.1) is 0 Å². The van der Waals surface area contributed by atoms with E-state index in [-0.39, 0.29) is 17.0 Å². The van der Waals surface area contributed by atoms with Crippen molar-refractivity contribution >= 4 is 28.8 Å². The van der Waals surface area contributed by atoms with E-state index in [1.807, 2.05) is 58.0 Å². The molecule has 0 bridgehead atoms. The fourth-order valence-corrected chi connectivity index (χ4v) is 3.76. The van der Waals surface area contributed by atoms with Crippen molar-refractivity contribution in [3.05, 3.63) is 99.7 Å². The zero-order valence-corrected chi connectivity index (χ0v) is 18.2. The maximum atomic E-state index is 13.9. The maximum Gasteiger partial charge on any atom is 0.282 e. The summed E-state index contributed by atoms with van der Waals surface area (Å²) in [6.45, 7) is 7.74. The van der Waals surface area contributed by atoms with Gasteiger partial charge in [0.05, 0.1) is 11.3 Å². The number of rotatable bonds is 4. The summed E-state index contributed by atoms with van der Waals surface area (Å²) in [7, 11) is 0. The number of anilines is 2. The first-order valence-electron chi connectivity index (χ1n) is 10.2. The van der Waals surface area contributed by atoms with Crippen molar-refractivity contribution < 1.29 is 18.4 Å². The average molecular weight is 432 g/mol. The molecule has 2 amide bonds. The first-order chi connectivity index (χ1) is 15.2. The van der Waals surface area contributed by atoms with E-state index in [0.29, 0.717) is 11.3 Å². The first-order valence-corrected chi connectivity index (χ1v) is 10.2. The van der Waals surface area contributed by atoms with E-state index >= 15 is 0 Å². The third-order valence-electron chi connectivity index (χ3n) is 5.68. The van der Waals surface area contributed by atoms with E-state index in [0.717, 1.165) is 39.3 Å². The number of benzene rings is 3. The molecule has 0 aromatic heterocycles. The van der Waals surface area contributed by atoms with Crippen molar-refractivity contribution in [2.75, 3.05) is 10.2 Å². The van der Waals surface area contributed by atoms with E-state index in [1.165, 1.54) is 6.07 Å². The highest BCUT2D eigenvalue weighted by Gasteiger charge is 2.40. The highest BCUT2D eigenvalue weighted by atomic mass is 19.2. The average Bonchev–Trinajstić information content (AvgIpc) is 2.98. The number of nitrogens with one attached hydrogen (secondary N) is 1. The topological polar surface area (TPSA) is 49.4 Å². The van der Waals surface area contributed by atoms with Crippen LogP contribution in [0.5, 0.6) is 0 Å². The molecule has 0 radical (unpaired) electrons. The van der Waals surface area contributed by atoms with Gasteiger partial charge in [0.1, 0.15) is 5.70 Å². The molecule has 3 aromatic rings. The normalized spacial score (nSPS) is 13.9. The predicted octanol–water partition coefficient (Wildman–Crippen LogP) is 5.60. The summed E-state index contributed by atoms with van der Waals surface area (Å²) in [4.78, 5) is 27.7. The van der Waals surface area contributed by atoms with Gasteiger partial charge in [-0.05, 0) is 68.1 Å². The number of hydrogen-bond donors (Lipinski definition) is 1. The zero-order valence-electron chi connectivity index (χ0n) is 18.2. The van der Waals surface area contributed by atoms with E-state index in [1.54, 1.807) is 6.07 Å². The molecule has 4 rings (SSSR count). The highest BCUT2D eigenvalue weighted by molar-refractivity contribution is 6.46. The number of aryl methyl sites for hydroxylation is 4. The predicted molar refractivity (Wildman–Crippen MR) is 121 cm³/mol. The Hall–Kier alpha value is -3.80. The van der Waals surface area contributed by atoms with Crippen LogP contribution in [0.1, 0.15) is 27.8 Å². The van der Waals surface area contributed by atoms with Gasteiger partial charge in [-0.25, -0.2) is 13.7 Å². The summed E-state index contributed by atoms with van der Waals surface area (Å²) in [6.07, 6.45) is 0. The number of amides is 2. The third-order valence-corrected chi connectivity index (χ3v) is 5.68. The van der Waals surface area contributed by atoms with Gasteiger partial charge in [-0.1, -0.05) is 35.9 Å². The van der Waals surface area contributed by atoms with Crippen LogP contribution in [0.3, 0.4) is 0 Å². The number of carbonyl (C=O) groups excluding carboxylic acids is 2. The zero-order chi connectivity index (χ0) is 23.2. The minimum absolute atomic E-state index is 0.0299. The SMILES string of the molecule is Cc1ccc(NC2=C(c3ccc(C)c(C)c3)C(=O)N(c3ccc(F)c(F)c3)C2=O)c(C)c1. The Morgan fingerprint density at radius 1 is 0.719 bits per heavy atom. The maximum absolute atomic E-state index is 13.9. The van der Waals surface area contributed by atoms with E-state index in [2.05, 4.69) is 5.32 Å². The van der Waals surface area contributed by atoms with Crippen LogP contribution < -0.4 is 10.2 Å². The molecule has 0 atom stereocenters. The minimum atomic E-state index is -1.13. The summed E-state index contributed by atoms with van der Waals surface area (Å²) >= 11 is 0. The van der Waals surface area contributed by atoms with Gasteiger partial charge in [0.25, 0.3) is 11.8 Å². The molecule has 0 fully saturated rings. The van der Waals surface area contributed by atoms with Gasteiger partial charge in [0.15, 0.2) is 11.6 Å². The molecule has 3 aromatic carbocycles. The lowest BCUT2D eigenvalue weighted by Gasteiger charge is -2.16. The molecule has 1 N–H and O–H groups in total. The van der Waals surface area contributed by atoms with Crippen molar-refractivity contribution in [3.63, 3.8) is 0 Å². The second-order valence-electron chi connectivity index (χ2n) is 8.04. The summed E-state index contributed by atoms with van der Waals surface area (Å²) in [5.41, 5.74) is 5.48. The number of imide groups is 1. The van der Waals surface area contributed by atoms with Crippen LogP contribution in [0.25, 0.3) is 5.57 Å². The number of carbonyl (C=O) groups is 2. The van der Waals surface area contributed by atoms with Crippen LogP contribution in [0.4, 0.5) is 20.2 Å². The van der Waals surface area contributed by atoms with E-state index in [9.17, 15) is 18.4 Å². The Morgan fingerprint density at radius 3 is 2.12 bits per heavy atom. The second kappa shape index (κ2) is 8.04. The second-order valence-corrected chi connectivity index (χ2v) is 8.04. The van der Waals surface area contributed by atoms with Crippen molar-refractivity contribution in [1.82, 2.24) is 0 Å². The van der Waals surface area contributed by atoms with E-state index < -0.39 is 23.4 Å². The Balaban J connectivity index is 1.87. The highest BCUT2D eigenvalue weighted by Crippen LogP contribution is 2.35. The van der Waals surface area contributed by atoms with Crippen LogP contribution in [0, 0.1) is 39.3 Å². The van der Waals surface area contributed by atoms with Gasteiger partial charge >= 0.3 is 0 Å². The molecule has 1 aliphatic rings. The lowest BCUT2D eigenvalue weighted by molar-refractivity contribution is -0.120. The van der Waals surface area contributed by atoms with Crippen molar-refractivity contribution in [3.8, 4) is 0 Å². The van der Waals surface area contributed by atoms with Gasteiger partial charge in [-0.3, -0.25) is 9.59 Å². The smallest absolute Gasteiger partial charge is 0.282 e. The molecule has 32 heavy (non-hydrogen) atoms. The van der Waals surface area contributed by atoms with Crippen molar-refractivity contribution in [1.29, 1.82) is 0 Å². The number of hydrogen-bond acceptors (Lipinski definition) is 3. The van der Waals surface area contributed by atoms with Gasteiger partial charge in [0.2, 0.25) is 0 Å². The fourth-order valence-electron chi connectivity index (χ4n) is 3.76. The number of halogens is 2. The molecule has 1 aliphatic heterocycles. The summed E-state index contributed by atoms with van der Waals surface area (Å²) in [6, 6.07) is 14.2. The van der Waals surface area contributed by atoms with E-state index in [4.69, 9.17) is 0 Å². The molecule has 6 heteroatoms. The fraction of sp³-hybridized carbons (Fsp3) is 0.154. The van der Waals surface area contributed by atoms with Crippen LogP contribution >= 0.6 is 0 Å². The van der Waals surface area contributed by atoms with Crippen LogP contribution in [-0.4, -0.2) is 11.8 Å². The number of nitrogens with zero attached hydrogens (tertiary/aromatic N) is 1. The molecule has 0 aliphatic carbocycles. The van der Waals surface area contributed by atoms with Crippen molar-refractivity contribution in [2.45, 2.75) is 27.7 Å². The third kappa shape index (κ3) is 3.68. The molecule has 0 saturated heterocycles. The van der Waals surface area contributed by atoms with Gasteiger partial charge < -0.3 is 5.32 Å². The van der Waals surface area contributed by atoms with Gasteiger partial charge in [-0.2, -0.15) is 0 Å². The summed E-state index contributed by atoms with van der Waals surface area (Å²) < 4.78 is 27.3. The quantitative estimate of drug-likeness (QED) is 0.547. The standard InChI is InChI=1S/C26H22F2N2O2/c1-14-5-10-22(17(4)11-14)29-24-23(18-7-6-15(2)16(3)12-18)25(31)30(26(24)32)19-8-9-20(27)21(28)13-19/h5-13,29H,1-4H3. The molecule has 162 valence electrons. The molecule has 4 nitrogen and oxygen atoms in total. The largest absolute Gasteiger partial charge is 0.350 e. The Morgan fingerprint density at radius 2 is 1.47 bits per heavy atom. The molecular weight excluding hydrogens is 410 g/mol. The van der Waals surface area contributed by atoms with Gasteiger partial charge in [0, 0.05) is 11.8 Å². The van der Waals surface area contributed by atoms with Crippen LogP contribution in [-0.2, 0) is 9.59 Å². The lowest BCUT2D eigenvalue weighted by atomic mass is 9.99. The lowest BCUT2D eigenvalue weighted by Crippen LogP contribution is -2.32. The molecule has 0 saturated carbocycles. The first kappa shape index (κ1) is 21.4. The van der Waals surface area contributed by atoms with Crippen molar-refractivity contribution in [2.24, 2.45) is 0 Å². The Labute approximate surface area is 185 Å². The minimum Gasteiger partial charge on any atom is -0.350 e. The molecule has 0 spiro atoms. The Kier molecular flexibility index (Phi) is 5.38. The monoisotopic (exact) mass is 432 g/mol. The summed E-state index contributed by atoms with van der Waals surface area (Å²) in [5, 5.41) is 3.12. The van der Waals surface area contributed by atoms with Crippen LogP contribution in [0.15, 0.2) is 60.3 Å². The Bertz CT molecular complexity index is 1310. The van der Waals surface area contributed by atoms with Crippen LogP contribution in [0.2, 0.25) is 0 Å².